The van der Waals surface area contributed by atoms with Gasteiger partial charge in [0.15, 0.2) is 5.65 Å². The summed E-state index contributed by atoms with van der Waals surface area (Å²) in [7, 11) is 0. The maximum absolute atomic E-state index is 14.5. The second-order valence-corrected chi connectivity index (χ2v) is 8.38. The van der Waals surface area contributed by atoms with Crippen LogP contribution >= 0.6 is 0 Å². The predicted octanol–water partition coefficient (Wildman–Crippen LogP) is 4.82. The van der Waals surface area contributed by atoms with Crippen LogP contribution < -0.4 is 5.32 Å². The first-order valence-electron chi connectivity index (χ1n) is 10.1. The average Bonchev–Trinajstić information content (AvgIpc) is 3.34. The molecule has 2 amide bonds. The van der Waals surface area contributed by atoms with Crippen molar-refractivity contribution in [3.8, 4) is 5.69 Å². The quantitative estimate of drug-likeness (QED) is 0.667. The van der Waals surface area contributed by atoms with Crippen LogP contribution in [0.1, 0.15) is 39.2 Å². The zero-order chi connectivity index (χ0) is 21.5. The molecule has 158 valence electrons. The highest BCUT2D eigenvalue weighted by atomic mass is 19.1. The average molecular weight is 413 g/mol. The lowest BCUT2D eigenvalue weighted by Gasteiger charge is -2.22. The number of carbonyl (C=O) groups is 1. The van der Waals surface area contributed by atoms with E-state index in [-0.39, 0.29) is 17.6 Å². The minimum atomic E-state index is -0.994. The molecule has 4 rings (SSSR count). The van der Waals surface area contributed by atoms with Crippen LogP contribution in [0.5, 0.6) is 0 Å². The summed E-state index contributed by atoms with van der Waals surface area (Å²) in [5, 5.41) is 7.92. The third kappa shape index (κ3) is 3.86. The number of benzene rings is 1. The van der Waals surface area contributed by atoms with Crippen molar-refractivity contribution in [3.63, 3.8) is 0 Å². The highest BCUT2D eigenvalue weighted by Crippen LogP contribution is 2.29. The van der Waals surface area contributed by atoms with E-state index >= 15 is 0 Å². The fourth-order valence-corrected chi connectivity index (χ4v) is 3.48. The molecule has 1 aliphatic heterocycles. The Balaban J connectivity index is 1.62. The number of hydrogen-bond donors (Lipinski definition) is 1. The van der Waals surface area contributed by atoms with E-state index in [2.05, 4.69) is 36.2 Å². The van der Waals surface area contributed by atoms with Gasteiger partial charge in [-0.2, -0.15) is 0 Å². The maximum Gasteiger partial charge on any atom is 0.321 e. The molecule has 3 heterocycles. The summed E-state index contributed by atoms with van der Waals surface area (Å²) >= 11 is 0. The molecule has 0 spiro atoms. The van der Waals surface area contributed by atoms with Crippen LogP contribution in [0.2, 0.25) is 0 Å². The summed E-state index contributed by atoms with van der Waals surface area (Å²) < 4.78 is 29.3. The number of likely N-dealkylation sites (tertiary alicyclic amines) is 1. The van der Waals surface area contributed by atoms with Gasteiger partial charge in [-0.05, 0) is 48.1 Å². The molecule has 1 atom stereocenters. The largest absolute Gasteiger partial charge is 0.322 e. The van der Waals surface area contributed by atoms with E-state index in [0.29, 0.717) is 24.3 Å². The second kappa shape index (κ2) is 7.66. The van der Waals surface area contributed by atoms with Gasteiger partial charge in [0.05, 0.1) is 6.54 Å². The molecule has 8 heteroatoms. The molecule has 30 heavy (non-hydrogen) atoms. The number of hydrogen-bond acceptors (Lipinski definition) is 3. The molecule has 0 bridgehead atoms. The molecule has 1 N–H and O–H groups in total. The molecule has 0 saturated carbocycles. The lowest BCUT2D eigenvalue weighted by Crippen LogP contribution is -2.33. The van der Waals surface area contributed by atoms with Gasteiger partial charge in [-0.1, -0.05) is 20.8 Å². The van der Waals surface area contributed by atoms with Crippen molar-refractivity contribution < 1.29 is 13.6 Å². The van der Waals surface area contributed by atoms with Crippen LogP contribution in [-0.4, -0.2) is 45.0 Å². The van der Waals surface area contributed by atoms with E-state index in [0.717, 1.165) is 17.4 Å². The number of fused-ring (bicyclic) bond motifs is 1. The van der Waals surface area contributed by atoms with Gasteiger partial charge in [-0.3, -0.25) is 0 Å². The first kappa shape index (κ1) is 20.3. The van der Waals surface area contributed by atoms with Crippen molar-refractivity contribution in [2.75, 3.05) is 18.4 Å². The number of halogens is 2. The van der Waals surface area contributed by atoms with Crippen LogP contribution in [0.25, 0.3) is 16.7 Å². The first-order chi connectivity index (χ1) is 14.3. The number of rotatable bonds is 4. The smallest absolute Gasteiger partial charge is 0.321 e. The summed E-state index contributed by atoms with van der Waals surface area (Å²) in [6.07, 6.45) is 3.85. The Hall–Kier alpha value is -3.03. The lowest BCUT2D eigenvalue weighted by molar-refractivity contribution is 0.218. The zero-order valence-corrected chi connectivity index (χ0v) is 17.3. The fourth-order valence-electron chi connectivity index (χ4n) is 3.48. The number of nitrogens with zero attached hydrogens (tertiary/aromatic N) is 4. The molecule has 1 unspecified atom stereocenters. The van der Waals surface area contributed by atoms with Crippen molar-refractivity contribution in [1.29, 1.82) is 0 Å². The number of carbonyl (C=O) groups excluding carboxylic acids is 1. The number of amides is 2. The molecule has 3 aromatic rings. The van der Waals surface area contributed by atoms with Crippen LogP contribution in [0, 0.1) is 5.82 Å². The number of nitrogens with one attached hydrogen (secondary N) is 1. The molecule has 1 aliphatic rings. The van der Waals surface area contributed by atoms with E-state index in [1.165, 1.54) is 27.8 Å². The molecule has 1 aromatic carbocycles. The monoisotopic (exact) mass is 413 g/mol. The van der Waals surface area contributed by atoms with Crippen LogP contribution in [0.4, 0.5) is 19.3 Å². The van der Waals surface area contributed by atoms with Crippen molar-refractivity contribution in [2.45, 2.75) is 45.2 Å². The SMILES string of the molecule is CCC(C)(C)c1cnc2nn(-c3cc(NC(=O)N4CCC(F)C4)ccc3F)cc2c1. The van der Waals surface area contributed by atoms with Gasteiger partial charge >= 0.3 is 6.03 Å². The first-order valence-corrected chi connectivity index (χ1v) is 10.1. The molecular weight excluding hydrogens is 388 g/mol. The third-order valence-electron chi connectivity index (χ3n) is 5.89. The second-order valence-electron chi connectivity index (χ2n) is 8.38. The predicted molar refractivity (Wildman–Crippen MR) is 112 cm³/mol. The minimum Gasteiger partial charge on any atom is -0.322 e. The van der Waals surface area contributed by atoms with Gasteiger partial charge in [0.2, 0.25) is 0 Å². The van der Waals surface area contributed by atoms with Gasteiger partial charge in [-0.25, -0.2) is 23.2 Å². The van der Waals surface area contributed by atoms with Crippen molar-refractivity contribution in [3.05, 3.63) is 48.0 Å². The minimum absolute atomic E-state index is 0.0209. The van der Waals surface area contributed by atoms with Gasteiger partial charge in [-0.15, -0.1) is 5.10 Å². The number of pyridine rings is 1. The van der Waals surface area contributed by atoms with E-state index in [9.17, 15) is 13.6 Å². The van der Waals surface area contributed by atoms with Crippen molar-refractivity contribution in [1.82, 2.24) is 19.7 Å². The summed E-state index contributed by atoms with van der Waals surface area (Å²) in [5.74, 6) is -0.472. The molecular formula is C22H25F2N5O. The summed E-state index contributed by atoms with van der Waals surface area (Å²) in [4.78, 5) is 18.2. The van der Waals surface area contributed by atoms with E-state index in [1.807, 2.05) is 12.3 Å². The van der Waals surface area contributed by atoms with Crippen LogP contribution in [0.15, 0.2) is 36.7 Å². The Labute approximate surface area is 173 Å². The Bertz CT molecular complexity index is 1090. The molecule has 1 fully saturated rings. The standard InChI is InChI=1S/C22H25F2N5O/c1-4-22(2,3)15-9-14-12-29(27-20(14)25-11-15)19-10-17(5-6-18(19)24)26-21(30)28-8-7-16(23)13-28/h5-6,9-12,16H,4,7-8,13H2,1-3H3,(H,26,30). The number of aromatic nitrogens is 3. The fraction of sp³-hybridized carbons (Fsp3) is 0.409. The Morgan fingerprint density at radius 2 is 2.13 bits per heavy atom. The maximum atomic E-state index is 14.5. The molecule has 0 radical (unpaired) electrons. The van der Waals surface area contributed by atoms with Crippen molar-refractivity contribution in [2.24, 2.45) is 0 Å². The number of urea groups is 1. The summed E-state index contributed by atoms with van der Waals surface area (Å²) in [5.41, 5.74) is 2.21. The Morgan fingerprint density at radius 3 is 2.83 bits per heavy atom. The summed E-state index contributed by atoms with van der Waals surface area (Å²) in [6.45, 7) is 6.87. The van der Waals surface area contributed by atoms with Gasteiger partial charge in [0.25, 0.3) is 0 Å². The molecule has 2 aromatic heterocycles. The van der Waals surface area contributed by atoms with Gasteiger partial charge in [0, 0.05) is 30.0 Å². The van der Waals surface area contributed by atoms with E-state index < -0.39 is 18.0 Å². The lowest BCUT2D eigenvalue weighted by atomic mass is 9.83. The van der Waals surface area contributed by atoms with E-state index in [1.54, 1.807) is 6.20 Å². The topological polar surface area (TPSA) is 63.1 Å². The molecule has 0 aliphatic carbocycles. The van der Waals surface area contributed by atoms with Crippen LogP contribution in [-0.2, 0) is 5.41 Å². The van der Waals surface area contributed by atoms with Gasteiger partial charge < -0.3 is 10.2 Å². The molecule has 1 saturated heterocycles. The van der Waals surface area contributed by atoms with Crippen LogP contribution in [0.3, 0.4) is 0 Å². The van der Waals surface area contributed by atoms with E-state index in [4.69, 9.17) is 0 Å². The zero-order valence-electron chi connectivity index (χ0n) is 17.3. The van der Waals surface area contributed by atoms with Gasteiger partial charge in [0.1, 0.15) is 17.7 Å². The molecule has 6 nitrogen and oxygen atoms in total. The summed E-state index contributed by atoms with van der Waals surface area (Å²) in [6, 6.07) is 5.89. The Morgan fingerprint density at radius 1 is 1.33 bits per heavy atom. The number of anilines is 1. The third-order valence-corrected chi connectivity index (χ3v) is 5.89. The highest BCUT2D eigenvalue weighted by Gasteiger charge is 2.26. The van der Waals surface area contributed by atoms with Crippen molar-refractivity contribution >= 4 is 22.8 Å². The Kier molecular flexibility index (Phi) is 5.17. The highest BCUT2D eigenvalue weighted by molar-refractivity contribution is 5.90. The normalized spacial score (nSPS) is 17.0. The number of alkyl halides is 1.